The van der Waals surface area contributed by atoms with Gasteiger partial charge in [-0.25, -0.2) is 4.79 Å². The van der Waals surface area contributed by atoms with E-state index in [1.54, 1.807) is 25.8 Å². The molecule has 1 heterocycles. The minimum Gasteiger partial charge on any atom is -0.463 e. The van der Waals surface area contributed by atoms with E-state index in [2.05, 4.69) is 24.1 Å². The zero-order valence-electron chi connectivity index (χ0n) is 23.8. The van der Waals surface area contributed by atoms with Gasteiger partial charge >= 0.3 is 5.97 Å². The summed E-state index contributed by atoms with van der Waals surface area (Å²) in [6, 6.07) is -0.643. The zero-order valence-corrected chi connectivity index (χ0v) is 23.8. The summed E-state index contributed by atoms with van der Waals surface area (Å²) >= 11 is 0. The Morgan fingerprint density at radius 1 is 1.03 bits per heavy atom. The number of nitrogens with one attached hydrogen (secondary N) is 1. The van der Waals surface area contributed by atoms with Gasteiger partial charge in [-0.15, -0.1) is 0 Å². The van der Waals surface area contributed by atoms with Crippen molar-refractivity contribution in [3.63, 3.8) is 0 Å². The fraction of sp³-hybridized carbons (Fsp3) is 0.828. The van der Waals surface area contributed by atoms with Crippen LogP contribution in [-0.2, 0) is 19.1 Å². The normalized spacial score (nSPS) is 22.6. The Morgan fingerprint density at radius 3 is 2.25 bits per heavy atom. The summed E-state index contributed by atoms with van der Waals surface area (Å²) in [6.45, 7) is 13.2. The van der Waals surface area contributed by atoms with Crippen molar-refractivity contribution in [1.82, 2.24) is 15.1 Å². The maximum Gasteiger partial charge on any atom is 0.333 e. The molecule has 0 spiro atoms. The molecule has 0 aromatic rings. The molecule has 0 aromatic heterocycles. The van der Waals surface area contributed by atoms with E-state index in [-0.39, 0.29) is 41.7 Å². The van der Waals surface area contributed by atoms with Gasteiger partial charge in [0.1, 0.15) is 6.04 Å². The Balaban J connectivity index is 2.28. The highest BCUT2D eigenvalue weighted by molar-refractivity contribution is 5.91. The monoisotopic (exact) mass is 505 g/mol. The molecule has 2 fully saturated rings. The molecular weight excluding hydrogens is 454 g/mol. The van der Waals surface area contributed by atoms with Gasteiger partial charge in [0.2, 0.25) is 11.8 Å². The molecule has 1 aliphatic carbocycles. The molecule has 1 unspecified atom stereocenters. The van der Waals surface area contributed by atoms with E-state index in [0.717, 1.165) is 57.9 Å². The number of piperidine rings is 1. The van der Waals surface area contributed by atoms with Crippen LogP contribution in [0.1, 0.15) is 99.3 Å². The van der Waals surface area contributed by atoms with Gasteiger partial charge in [0, 0.05) is 18.7 Å². The lowest BCUT2D eigenvalue weighted by atomic mass is 9.82. The lowest BCUT2D eigenvalue weighted by molar-refractivity contribution is -0.141. The number of esters is 1. The van der Waals surface area contributed by atoms with Crippen LogP contribution < -0.4 is 5.32 Å². The second-order valence-electron chi connectivity index (χ2n) is 11.1. The summed E-state index contributed by atoms with van der Waals surface area (Å²) in [6.07, 6.45) is 11.1. The van der Waals surface area contributed by atoms with Crippen molar-refractivity contribution in [1.29, 1.82) is 0 Å². The number of carbonyl (C=O) groups excluding carboxylic acids is 3. The van der Waals surface area contributed by atoms with Crippen LogP contribution >= 0.6 is 0 Å². The Bertz CT molecular complexity index is 760. The lowest BCUT2D eigenvalue weighted by Gasteiger charge is -2.41. The summed E-state index contributed by atoms with van der Waals surface area (Å²) in [5.41, 5.74) is 0.500. The molecule has 1 aliphatic heterocycles. The number of likely N-dealkylation sites (N-methyl/N-ethyl adjacent to an activating group) is 1. The molecule has 2 rings (SSSR count). The summed E-state index contributed by atoms with van der Waals surface area (Å²) in [5.74, 6) is -0.186. The maximum absolute atomic E-state index is 14.0. The minimum atomic E-state index is -0.541. The summed E-state index contributed by atoms with van der Waals surface area (Å²) in [5, 5.41) is 3.25. The van der Waals surface area contributed by atoms with E-state index in [1.165, 1.54) is 6.42 Å². The van der Waals surface area contributed by atoms with Crippen molar-refractivity contribution in [3.05, 3.63) is 11.6 Å². The fourth-order valence-corrected chi connectivity index (χ4v) is 5.78. The molecule has 0 bridgehead atoms. The SMILES string of the molecule is CCOC(=O)C(C)=C[C@H](C(C)C)N(C)C(=O)[C@@H](NC(=O)[C@H]1CCCCN1C(C)CC)C1CCCCC1. The van der Waals surface area contributed by atoms with Crippen molar-refractivity contribution in [2.24, 2.45) is 11.8 Å². The zero-order chi connectivity index (χ0) is 26.8. The van der Waals surface area contributed by atoms with Gasteiger partial charge in [-0.1, -0.05) is 52.5 Å². The molecule has 0 aromatic carbocycles. The molecule has 7 nitrogen and oxygen atoms in total. The van der Waals surface area contributed by atoms with Crippen LogP contribution in [-0.4, -0.2) is 72.0 Å². The van der Waals surface area contributed by atoms with Crippen LogP contribution in [0.5, 0.6) is 0 Å². The van der Waals surface area contributed by atoms with E-state index in [0.29, 0.717) is 18.2 Å². The van der Waals surface area contributed by atoms with E-state index in [9.17, 15) is 14.4 Å². The standard InChI is InChI=1S/C29H51N3O4/c1-8-22(6)32-18-14-13-17-24(32)27(33)30-26(23-15-11-10-12-16-23)28(34)31(7)25(20(3)4)19-21(5)29(35)36-9-2/h19-20,22-26H,8-18H2,1-7H3,(H,30,33)/t22?,24-,25-,26+/m1/s1. The lowest BCUT2D eigenvalue weighted by Crippen LogP contribution is -2.59. The average Bonchev–Trinajstić information content (AvgIpc) is 2.89. The van der Waals surface area contributed by atoms with Crippen molar-refractivity contribution < 1.29 is 19.1 Å². The fourth-order valence-electron chi connectivity index (χ4n) is 5.78. The summed E-state index contributed by atoms with van der Waals surface area (Å²) in [4.78, 5) is 44.0. The first-order valence-electron chi connectivity index (χ1n) is 14.3. The molecule has 4 atom stereocenters. The first kappa shape index (κ1) is 30.3. The third-order valence-corrected chi connectivity index (χ3v) is 8.18. The highest BCUT2D eigenvalue weighted by atomic mass is 16.5. The minimum absolute atomic E-state index is 0.00772. The predicted molar refractivity (Wildman–Crippen MR) is 144 cm³/mol. The number of ether oxygens (including phenoxy) is 1. The number of rotatable bonds is 11. The third-order valence-electron chi connectivity index (χ3n) is 8.18. The van der Waals surface area contributed by atoms with Crippen molar-refractivity contribution in [2.75, 3.05) is 20.2 Å². The smallest absolute Gasteiger partial charge is 0.333 e. The first-order valence-corrected chi connectivity index (χ1v) is 14.3. The van der Waals surface area contributed by atoms with Crippen molar-refractivity contribution in [2.45, 2.75) is 123 Å². The summed E-state index contributed by atoms with van der Waals surface area (Å²) < 4.78 is 5.15. The van der Waals surface area contributed by atoms with Crippen LogP contribution in [0.25, 0.3) is 0 Å². The van der Waals surface area contributed by atoms with Gasteiger partial charge in [0.05, 0.1) is 18.7 Å². The number of carbonyl (C=O) groups is 3. The molecular formula is C29H51N3O4. The van der Waals surface area contributed by atoms with Crippen LogP contribution in [0.2, 0.25) is 0 Å². The van der Waals surface area contributed by atoms with Crippen molar-refractivity contribution >= 4 is 17.8 Å². The quantitative estimate of drug-likeness (QED) is 0.325. The molecule has 2 amide bonds. The number of hydrogen-bond acceptors (Lipinski definition) is 5. The molecule has 1 saturated heterocycles. The van der Waals surface area contributed by atoms with Crippen LogP contribution in [0, 0.1) is 11.8 Å². The third kappa shape index (κ3) is 8.06. The van der Waals surface area contributed by atoms with Crippen molar-refractivity contribution in [3.8, 4) is 0 Å². The molecule has 1 N–H and O–H groups in total. The average molecular weight is 506 g/mol. The summed E-state index contributed by atoms with van der Waals surface area (Å²) in [7, 11) is 1.80. The van der Waals surface area contributed by atoms with Crippen LogP contribution in [0.15, 0.2) is 11.6 Å². The molecule has 1 saturated carbocycles. The van der Waals surface area contributed by atoms with Gasteiger partial charge in [-0.2, -0.15) is 0 Å². The second-order valence-corrected chi connectivity index (χ2v) is 11.1. The molecule has 2 aliphatic rings. The molecule has 7 heteroatoms. The number of likely N-dealkylation sites (tertiary alicyclic amines) is 1. The van der Waals surface area contributed by atoms with Gasteiger partial charge < -0.3 is 15.0 Å². The van der Waals surface area contributed by atoms with E-state index < -0.39 is 6.04 Å². The Morgan fingerprint density at radius 2 is 1.67 bits per heavy atom. The van der Waals surface area contributed by atoms with Crippen LogP contribution in [0.3, 0.4) is 0 Å². The van der Waals surface area contributed by atoms with Gasteiger partial charge in [-0.05, 0) is 71.3 Å². The van der Waals surface area contributed by atoms with E-state index >= 15 is 0 Å². The maximum atomic E-state index is 14.0. The largest absolute Gasteiger partial charge is 0.463 e. The highest BCUT2D eigenvalue weighted by Gasteiger charge is 2.38. The van der Waals surface area contributed by atoms with Gasteiger partial charge in [-0.3, -0.25) is 14.5 Å². The Kier molecular flexibility index (Phi) is 12.4. The Hall–Kier alpha value is -1.89. The van der Waals surface area contributed by atoms with Crippen LogP contribution in [0.4, 0.5) is 0 Å². The predicted octanol–water partition coefficient (Wildman–Crippen LogP) is 4.70. The van der Waals surface area contributed by atoms with Gasteiger partial charge in [0.25, 0.3) is 0 Å². The second kappa shape index (κ2) is 14.7. The Labute approximate surface area is 219 Å². The topological polar surface area (TPSA) is 79.0 Å². The van der Waals surface area contributed by atoms with E-state index in [1.807, 2.05) is 19.9 Å². The molecule has 0 radical (unpaired) electrons. The molecule has 36 heavy (non-hydrogen) atoms. The number of nitrogens with zero attached hydrogens (tertiary/aromatic N) is 2. The molecule has 206 valence electrons. The first-order chi connectivity index (χ1) is 17.1. The highest BCUT2D eigenvalue weighted by Crippen LogP contribution is 2.29. The van der Waals surface area contributed by atoms with E-state index in [4.69, 9.17) is 4.74 Å². The number of hydrogen-bond donors (Lipinski definition) is 1. The van der Waals surface area contributed by atoms with Gasteiger partial charge in [0.15, 0.2) is 0 Å². The number of amides is 2.